The Bertz CT molecular complexity index is 622. The number of fused-ring (bicyclic) bond motifs is 1. The Labute approximate surface area is 132 Å². The zero-order valence-corrected chi connectivity index (χ0v) is 13.6. The summed E-state index contributed by atoms with van der Waals surface area (Å²) in [4.78, 5) is 15.5. The lowest BCUT2D eigenvalue weighted by molar-refractivity contribution is -0.141. The van der Waals surface area contributed by atoms with Crippen LogP contribution in [-0.4, -0.2) is 56.6 Å². The van der Waals surface area contributed by atoms with E-state index in [1.165, 1.54) is 23.4 Å². The number of hydrogen-bond donors (Lipinski definition) is 0. The van der Waals surface area contributed by atoms with Gasteiger partial charge in [-0.3, -0.25) is 9.69 Å². The number of carbonyl (C=O) groups is 1. The highest BCUT2D eigenvalue weighted by atomic mass is 16.5. The lowest BCUT2D eigenvalue weighted by atomic mass is 10.0. The van der Waals surface area contributed by atoms with Crippen LogP contribution in [0.1, 0.15) is 5.56 Å². The van der Waals surface area contributed by atoms with Crippen LogP contribution >= 0.6 is 0 Å². The number of nitrogens with zero attached hydrogens (tertiary/aromatic N) is 2. The fraction of sp³-hybridized carbons (Fsp3) is 0.389. The molecule has 0 saturated heterocycles. The largest absolute Gasteiger partial charge is 0.468 e. The molecule has 0 aliphatic carbocycles. The highest BCUT2D eigenvalue weighted by molar-refractivity contribution is 5.85. The number of hydrogen-bond acceptors (Lipinski definition) is 4. The van der Waals surface area contributed by atoms with E-state index < -0.39 is 0 Å². The predicted octanol–water partition coefficient (Wildman–Crippen LogP) is 2.38. The molecular formula is C18H24N2O2. The summed E-state index contributed by atoms with van der Waals surface area (Å²) < 4.78 is 4.68. The molecule has 0 atom stereocenters. The monoisotopic (exact) mass is 300 g/mol. The standard InChI is InChI=1S/C18H24N2O2/c1-19(11-12-20(2)14-18(21)22-3)13-16-9-6-8-15-7-4-5-10-17(15)16/h4-10H,11-14H2,1-3H3. The number of ether oxygens (including phenoxy) is 1. The van der Waals surface area contributed by atoms with Gasteiger partial charge in [0.15, 0.2) is 0 Å². The molecule has 0 bridgehead atoms. The summed E-state index contributed by atoms with van der Waals surface area (Å²) in [6.07, 6.45) is 0. The second kappa shape index (κ2) is 7.92. The molecule has 0 fully saturated rings. The van der Waals surface area contributed by atoms with Crippen LogP contribution in [0.4, 0.5) is 0 Å². The van der Waals surface area contributed by atoms with Gasteiger partial charge in [0.1, 0.15) is 0 Å². The van der Waals surface area contributed by atoms with Gasteiger partial charge in [-0.05, 0) is 30.4 Å². The Morgan fingerprint density at radius 2 is 1.68 bits per heavy atom. The summed E-state index contributed by atoms with van der Waals surface area (Å²) in [5.74, 6) is -0.195. The van der Waals surface area contributed by atoms with E-state index in [9.17, 15) is 4.79 Å². The second-order valence-corrected chi connectivity index (χ2v) is 5.69. The first-order valence-corrected chi connectivity index (χ1v) is 7.50. The molecule has 0 heterocycles. The lowest BCUT2D eigenvalue weighted by Gasteiger charge is -2.22. The smallest absolute Gasteiger partial charge is 0.319 e. The van der Waals surface area contributed by atoms with E-state index in [2.05, 4.69) is 59.1 Å². The summed E-state index contributed by atoms with van der Waals surface area (Å²) in [6, 6.07) is 14.9. The van der Waals surface area contributed by atoms with Crippen molar-refractivity contribution in [3.63, 3.8) is 0 Å². The first-order valence-electron chi connectivity index (χ1n) is 7.50. The number of carbonyl (C=O) groups excluding carboxylic acids is 1. The van der Waals surface area contributed by atoms with Gasteiger partial charge in [-0.15, -0.1) is 0 Å². The van der Waals surface area contributed by atoms with Crippen molar-refractivity contribution >= 4 is 16.7 Å². The van der Waals surface area contributed by atoms with Gasteiger partial charge in [-0.2, -0.15) is 0 Å². The Kier molecular flexibility index (Phi) is 5.92. The van der Waals surface area contributed by atoms with E-state index in [1.807, 2.05) is 11.9 Å². The molecule has 2 aromatic carbocycles. The molecule has 0 N–H and O–H groups in total. The second-order valence-electron chi connectivity index (χ2n) is 5.69. The molecule has 2 aromatic rings. The van der Waals surface area contributed by atoms with Crippen molar-refractivity contribution in [1.82, 2.24) is 9.80 Å². The van der Waals surface area contributed by atoms with Crippen molar-refractivity contribution in [2.75, 3.05) is 40.8 Å². The van der Waals surface area contributed by atoms with Crippen LogP contribution < -0.4 is 0 Å². The molecule has 0 aliphatic heterocycles. The molecule has 0 saturated carbocycles. The van der Waals surface area contributed by atoms with Crippen LogP contribution in [0.3, 0.4) is 0 Å². The zero-order chi connectivity index (χ0) is 15.9. The van der Waals surface area contributed by atoms with Gasteiger partial charge in [0.2, 0.25) is 0 Å². The molecule has 4 heteroatoms. The Hall–Kier alpha value is -1.91. The maximum atomic E-state index is 11.2. The van der Waals surface area contributed by atoms with E-state index >= 15 is 0 Å². The first-order chi connectivity index (χ1) is 10.6. The summed E-state index contributed by atoms with van der Waals surface area (Å²) >= 11 is 0. The molecule has 4 nitrogen and oxygen atoms in total. The first kappa shape index (κ1) is 16.5. The van der Waals surface area contributed by atoms with E-state index in [-0.39, 0.29) is 5.97 Å². The summed E-state index contributed by atoms with van der Waals surface area (Å²) in [7, 11) is 5.46. The number of rotatable bonds is 7. The maximum Gasteiger partial charge on any atom is 0.319 e. The SMILES string of the molecule is COC(=O)CN(C)CCN(C)Cc1cccc2ccccc12. The topological polar surface area (TPSA) is 32.8 Å². The highest BCUT2D eigenvalue weighted by Crippen LogP contribution is 2.19. The van der Waals surface area contributed by atoms with Gasteiger partial charge in [-0.25, -0.2) is 0 Å². The normalized spacial score (nSPS) is 11.3. The van der Waals surface area contributed by atoms with E-state index in [0.29, 0.717) is 6.54 Å². The minimum atomic E-state index is -0.195. The van der Waals surface area contributed by atoms with E-state index in [4.69, 9.17) is 0 Å². The van der Waals surface area contributed by atoms with Crippen molar-refractivity contribution in [3.05, 3.63) is 48.0 Å². The quantitative estimate of drug-likeness (QED) is 0.735. The van der Waals surface area contributed by atoms with Crippen LogP contribution in [0.25, 0.3) is 10.8 Å². The zero-order valence-electron chi connectivity index (χ0n) is 13.6. The van der Waals surface area contributed by atoms with Gasteiger partial charge in [-0.1, -0.05) is 42.5 Å². The summed E-state index contributed by atoms with van der Waals surface area (Å²) in [5, 5.41) is 2.58. The minimum Gasteiger partial charge on any atom is -0.468 e. The van der Waals surface area contributed by atoms with Crippen LogP contribution in [0, 0.1) is 0 Å². The Morgan fingerprint density at radius 1 is 1.00 bits per heavy atom. The number of benzene rings is 2. The molecular weight excluding hydrogens is 276 g/mol. The molecule has 0 aromatic heterocycles. The van der Waals surface area contributed by atoms with Crippen LogP contribution in [-0.2, 0) is 16.1 Å². The predicted molar refractivity (Wildman–Crippen MR) is 89.8 cm³/mol. The fourth-order valence-electron chi connectivity index (χ4n) is 2.51. The molecule has 22 heavy (non-hydrogen) atoms. The molecule has 0 amide bonds. The third kappa shape index (κ3) is 4.55. The Morgan fingerprint density at radius 3 is 2.45 bits per heavy atom. The van der Waals surface area contributed by atoms with Gasteiger partial charge in [0, 0.05) is 19.6 Å². The van der Waals surface area contributed by atoms with Gasteiger partial charge in [0.05, 0.1) is 13.7 Å². The van der Waals surface area contributed by atoms with E-state index in [1.54, 1.807) is 0 Å². The van der Waals surface area contributed by atoms with Crippen LogP contribution in [0.2, 0.25) is 0 Å². The summed E-state index contributed by atoms with van der Waals surface area (Å²) in [6.45, 7) is 2.96. The molecule has 0 aliphatic rings. The maximum absolute atomic E-state index is 11.2. The number of methoxy groups -OCH3 is 1. The van der Waals surface area contributed by atoms with Crippen molar-refractivity contribution < 1.29 is 9.53 Å². The molecule has 0 radical (unpaired) electrons. The third-order valence-electron chi connectivity index (χ3n) is 3.81. The average molecular weight is 300 g/mol. The van der Waals surface area contributed by atoms with Crippen molar-refractivity contribution in [2.45, 2.75) is 6.54 Å². The van der Waals surface area contributed by atoms with Gasteiger partial charge in [0.25, 0.3) is 0 Å². The molecule has 2 rings (SSSR count). The molecule has 0 spiro atoms. The third-order valence-corrected chi connectivity index (χ3v) is 3.81. The average Bonchev–Trinajstić information content (AvgIpc) is 2.53. The van der Waals surface area contributed by atoms with E-state index in [0.717, 1.165) is 19.6 Å². The number of likely N-dealkylation sites (N-methyl/N-ethyl adjacent to an activating group) is 2. The van der Waals surface area contributed by atoms with Crippen LogP contribution in [0.5, 0.6) is 0 Å². The van der Waals surface area contributed by atoms with Crippen molar-refractivity contribution in [3.8, 4) is 0 Å². The fourth-order valence-corrected chi connectivity index (χ4v) is 2.51. The summed E-state index contributed by atoms with van der Waals surface area (Å²) in [5.41, 5.74) is 1.33. The highest BCUT2D eigenvalue weighted by Gasteiger charge is 2.08. The minimum absolute atomic E-state index is 0.195. The van der Waals surface area contributed by atoms with Crippen molar-refractivity contribution in [2.24, 2.45) is 0 Å². The molecule has 0 unspecified atom stereocenters. The van der Waals surface area contributed by atoms with Crippen LogP contribution in [0.15, 0.2) is 42.5 Å². The van der Waals surface area contributed by atoms with Gasteiger partial charge >= 0.3 is 5.97 Å². The lowest BCUT2D eigenvalue weighted by Crippen LogP contribution is -2.34. The number of esters is 1. The van der Waals surface area contributed by atoms with Crippen molar-refractivity contribution in [1.29, 1.82) is 0 Å². The van der Waals surface area contributed by atoms with Gasteiger partial charge < -0.3 is 9.64 Å². The molecule has 118 valence electrons. The Balaban J connectivity index is 1.91.